The summed E-state index contributed by atoms with van der Waals surface area (Å²) in [4.78, 5) is 18.3. The van der Waals surface area contributed by atoms with E-state index >= 15 is 0 Å². The summed E-state index contributed by atoms with van der Waals surface area (Å²) in [5, 5.41) is 3.52. The molecule has 1 N–H and O–H groups in total. The van der Waals surface area contributed by atoms with Crippen LogP contribution in [0, 0.1) is 5.92 Å². The van der Waals surface area contributed by atoms with E-state index in [2.05, 4.69) is 35.2 Å². The molecule has 0 saturated carbocycles. The van der Waals surface area contributed by atoms with Crippen LogP contribution in [0.25, 0.3) is 11.3 Å². The van der Waals surface area contributed by atoms with Crippen LogP contribution in [0.2, 0.25) is 0 Å². The number of fused-ring (bicyclic) bond motifs is 2. The normalized spacial score (nSPS) is 23.3. The quantitative estimate of drug-likeness (QED) is 0.691. The number of aryl methyl sites for hydroxylation is 1. The first kappa shape index (κ1) is 23.4. The van der Waals surface area contributed by atoms with Crippen molar-refractivity contribution in [3.05, 3.63) is 57.2 Å². The lowest BCUT2D eigenvalue weighted by molar-refractivity contribution is 0.128. The van der Waals surface area contributed by atoms with Crippen LogP contribution in [0.15, 0.2) is 40.5 Å². The first-order valence-corrected chi connectivity index (χ1v) is 14.5. The molecule has 0 amide bonds. The topological polar surface area (TPSA) is 74.7 Å². The van der Waals surface area contributed by atoms with E-state index in [-0.39, 0.29) is 17.4 Å². The first-order chi connectivity index (χ1) is 16.1. The molecule has 184 valence electrons. The molecule has 4 aliphatic rings. The van der Waals surface area contributed by atoms with Gasteiger partial charge in [-0.1, -0.05) is 0 Å². The molecule has 0 radical (unpaired) electrons. The van der Waals surface area contributed by atoms with Crippen LogP contribution in [-0.4, -0.2) is 73.1 Å². The molecular weight excluding hydrogens is 448 g/mol. The average molecular weight is 485 g/mol. The molecule has 1 aliphatic carbocycles. The summed E-state index contributed by atoms with van der Waals surface area (Å²) in [6, 6.07) is 2.70. The van der Waals surface area contributed by atoms with Crippen molar-refractivity contribution in [2.24, 2.45) is 13.0 Å². The number of hydrogen-bond donors (Lipinski definition) is 1. The minimum atomic E-state index is -3.27. The minimum absolute atomic E-state index is 0.0800. The number of allylic oxidation sites excluding steroid dienone is 1. The van der Waals surface area contributed by atoms with Gasteiger partial charge in [-0.05, 0) is 81.0 Å². The third-order valence-electron chi connectivity index (χ3n) is 7.80. The fraction of sp³-hybridized carbons (Fsp3) is 0.577. The van der Waals surface area contributed by atoms with Gasteiger partial charge in [-0.25, -0.2) is 8.42 Å². The van der Waals surface area contributed by atoms with Crippen LogP contribution >= 0.6 is 0 Å². The molecule has 1 fully saturated rings. The lowest BCUT2D eigenvalue weighted by Gasteiger charge is -2.38. The van der Waals surface area contributed by atoms with Crippen molar-refractivity contribution in [3.63, 3.8) is 0 Å². The molecule has 4 heterocycles. The largest absolute Gasteiger partial charge is 0.384 e. The molecule has 1 atom stereocenters. The lowest BCUT2D eigenvalue weighted by atomic mass is 9.91. The molecule has 1 aromatic rings. The van der Waals surface area contributed by atoms with Crippen LogP contribution < -0.4 is 10.9 Å². The monoisotopic (exact) mass is 484 g/mol. The van der Waals surface area contributed by atoms with Gasteiger partial charge in [0.1, 0.15) is 0 Å². The summed E-state index contributed by atoms with van der Waals surface area (Å²) in [7, 11) is -1.52. The van der Waals surface area contributed by atoms with Crippen molar-refractivity contribution in [2.75, 3.05) is 38.2 Å². The second-order valence-corrected chi connectivity index (χ2v) is 12.8. The Bertz CT molecular complexity index is 1250. The highest BCUT2D eigenvalue weighted by Gasteiger charge is 2.39. The van der Waals surface area contributed by atoms with Gasteiger partial charge in [0.25, 0.3) is 5.56 Å². The van der Waals surface area contributed by atoms with Crippen LogP contribution in [0.1, 0.15) is 44.2 Å². The second-order valence-electron chi connectivity index (χ2n) is 10.6. The molecule has 3 aliphatic heterocycles. The Morgan fingerprint density at radius 3 is 2.59 bits per heavy atom. The zero-order chi connectivity index (χ0) is 24.2. The van der Waals surface area contributed by atoms with E-state index in [0.717, 1.165) is 55.0 Å². The van der Waals surface area contributed by atoms with Gasteiger partial charge in [0.2, 0.25) is 0 Å². The Balaban J connectivity index is 1.54. The van der Waals surface area contributed by atoms with Crippen LogP contribution in [0.4, 0.5) is 0 Å². The molecule has 7 nitrogen and oxygen atoms in total. The van der Waals surface area contributed by atoms with E-state index in [4.69, 9.17) is 0 Å². The number of nitrogens with zero attached hydrogens (tertiary/aromatic N) is 3. The summed E-state index contributed by atoms with van der Waals surface area (Å²) in [5.74, 6) is 0.566. The maximum absolute atomic E-state index is 13.3. The molecule has 1 saturated heterocycles. The number of likely N-dealkylation sites (tertiary alicyclic amines) is 1. The van der Waals surface area contributed by atoms with Gasteiger partial charge in [0.05, 0.1) is 23.1 Å². The zero-order valence-electron chi connectivity index (χ0n) is 20.7. The Labute approximate surface area is 202 Å². The predicted octanol–water partition coefficient (Wildman–Crippen LogP) is 2.22. The Kier molecular flexibility index (Phi) is 6.01. The van der Waals surface area contributed by atoms with Gasteiger partial charge in [-0.3, -0.25) is 4.79 Å². The maximum Gasteiger partial charge on any atom is 0.260 e. The SMILES string of the molecule is CC(C)N1CCC(CN2C=C3C=C(CS(C)(=O)=O)c4ccn(C)c(=O)c4C4=C3C2CCN4)CC1. The average Bonchev–Trinajstić information content (AvgIpc) is 3.05. The summed E-state index contributed by atoms with van der Waals surface area (Å²) < 4.78 is 26.2. The van der Waals surface area contributed by atoms with E-state index in [1.807, 2.05) is 12.1 Å². The van der Waals surface area contributed by atoms with E-state index in [0.29, 0.717) is 23.1 Å². The summed E-state index contributed by atoms with van der Waals surface area (Å²) >= 11 is 0. The van der Waals surface area contributed by atoms with Crippen molar-refractivity contribution in [2.45, 2.75) is 45.2 Å². The van der Waals surface area contributed by atoms with Gasteiger partial charge in [-0.15, -0.1) is 0 Å². The number of nitrogens with one attached hydrogen (secondary N) is 1. The van der Waals surface area contributed by atoms with Gasteiger partial charge in [-0.2, -0.15) is 0 Å². The Morgan fingerprint density at radius 1 is 1.18 bits per heavy atom. The van der Waals surface area contributed by atoms with Gasteiger partial charge >= 0.3 is 0 Å². The van der Waals surface area contributed by atoms with Crippen molar-refractivity contribution in [1.29, 1.82) is 0 Å². The van der Waals surface area contributed by atoms with Crippen molar-refractivity contribution < 1.29 is 8.42 Å². The number of aromatic nitrogens is 1. The number of sulfone groups is 1. The number of hydrogen-bond acceptors (Lipinski definition) is 6. The molecular formula is C26H36N4O3S. The highest BCUT2D eigenvalue weighted by atomic mass is 32.2. The molecule has 1 unspecified atom stereocenters. The number of pyridine rings is 1. The third kappa shape index (κ3) is 4.26. The molecule has 8 heteroatoms. The van der Waals surface area contributed by atoms with Gasteiger partial charge in [0, 0.05) is 50.4 Å². The number of rotatable bonds is 5. The second kappa shape index (κ2) is 8.72. The van der Waals surface area contributed by atoms with Crippen molar-refractivity contribution in [3.8, 4) is 0 Å². The molecule has 5 rings (SSSR count). The third-order valence-corrected chi connectivity index (χ3v) is 8.63. The van der Waals surface area contributed by atoms with Crippen LogP contribution in [0.5, 0.6) is 0 Å². The Hall–Kier alpha value is -2.32. The summed E-state index contributed by atoms with van der Waals surface area (Å²) in [6.45, 7) is 8.63. The smallest absolute Gasteiger partial charge is 0.260 e. The fourth-order valence-electron chi connectivity index (χ4n) is 6.02. The molecule has 34 heavy (non-hydrogen) atoms. The number of piperidine rings is 1. The van der Waals surface area contributed by atoms with Crippen LogP contribution in [0.3, 0.4) is 0 Å². The summed E-state index contributed by atoms with van der Waals surface area (Å²) in [5.41, 5.74) is 5.03. The van der Waals surface area contributed by atoms with E-state index in [1.165, 1.54) is 19.1 Å². The highest BCUT2D eigenvalue weighted by Crippen LogP contribution is 2.43. The van der Waals surface area contributed by atoms with Gasteiger partial charge in [0.15, 0.2) is 9.84 Å². The molecule has 0 bridgehead atoms. The van der Waals surface area contributed by atoms with E-state index < -0.39 is 9.84 Å². The fourth-order valence-corrected chi connectivity index (χ4v) is 6.82. The van der Waals surface area contributed by atoms with Crippen molar-refractivity contribution >= 4 is 21.1 Å². The van der Waals surface area contributed by atoms with E-state index in [9.17, 15) is 13.2 Å². The predicted molar refractivity (Wildman–Crippen MR) is 137 cm³/mol. The first-order valence-electron chi connectivity index (χ1n) is 12.4. The molecule has 1 aromatic heterocycles. The lowest BCUT2D eigenvalue weighted by Crippen LogP contribution is -2.43. The minimum Gasteiger partial charge on any atom is -0.384 e. The van der Waals surface area contributed by atoms with Gasteiger partial charge < -0.3 is 19.7 Å². The Morgan fingerprint density at radius 2 is 1.91 bits per heavy atom. The summed E-state index contributed by atoms with van der Waals surface area (Å²) in [6.07, 6.45) is 10.6. The standard InChI is InChI=1S/C26H36N4O3S/c1-17(2)29-11-6-18(7-12-29)14-30-15-19-13-20(16-34(4,32)33)21-8-10-28(3)26(31)24(21)25-23(19)22(30)5-9-27-25/h8,10,13,15,17-18,22,27H,5-7,9,11-12,14,16H2,1-4H3. The highest BCUT2D eigenvalue weighted by molar-refractivity contribution is 7.91. The zero-order valence-corrected chi connectivity index (χ0v) is 21.5. The van der Waals surface area contributed by atoms with Crippen LogP contribution in [-0.2, 0) is 16.9 Å². The van der Waals surface area contributed by atoms with E-state index in [1.54, 1.807) is 17.8 Å². The maximum atomic E-state index is 13.3. The molecule has 0 aromatic carbocycles. The molecule has 0 spiro atoms. The van der Waals surface area contributed by atoms with Crippen molar-refractivity contribution in [1.82, 2.24) is 19.7 Å².